The van der Waals surface area contributed by atoms with E-state index in [4.69, 9.17) is 10.2 Å². The molecular weight excluding hydrogens is 243 g/mol. The molecule has 0 spiro atoms. The largest absolute Gasteiger partial charge is 0.512 e. The van der Waals surface area contributed by atoms with Crippen molar-refractivity contribution in [2.45, 2.75) is 9.84 Å². The van der Waals surface area contributed by atoms with E-state index in [0.29, 0.717) is 12.2 Å². The third-order valence-corrected chi connectivity index (χ3v) is 2.38. The lowest BCUT2D eigenvalue weighted by molar-refractivity contribution is 0.286. The molecule has 1 aliphatic carbocycles. The summed E-state index contributed by atoms with van der Waals surface area (Å²) in [6.07, 6.45) is 6.02. The number of aliphatic hydroxyl groups excluding tert-OH is 2. The number of alkyl halides is 1. The average molecular weight is 252 g/mol. The molecule has 0 radical (unpaired) electrons. The molecule has 0 saturated heterocycles. The maximum absolute atomic E-state index is 9.07. The highest BCUT2D eigenvalue weighted by Crippen LogP contribution is 2.27. The molecule has 56 valence electrons. The summed E-state index contributed by atoms with van der Waals surface area (Å²) in [5, 5.41) is 17.9. The molecule has 1 rings (SSSR count). The van der Waals surface area contributed by atoms with Gasteiger partial charge in [-0.15, -0.1) is 0 Å². The molecule has 0 bridgehead atoms. The van der Waals surface area contributed by atoms with Gasteiger partial charge in [-0.25, -0.2) is 0 Å². The molecule has 0 aromatic carbocycles. The summed E-state index contributed by atoms with van der Waals surface area (Å²) in [6, 6.07) is 0. The summed E-state index contributed by atoms with van der Waals surface area (Å²) in [6.45, 7) is 0.0358. The van der Waals surface area contributed by atoms with Gasteiger partial charge in [-0.3, -0.25) is 0 Å². The quantitative estimate of drug-likeness (QED) is 0.422. The third kappa shape index (κ3) is 1.73. The zero-order valence-electron chi connectivity index (χ0n) is 5.42. The number of allylic oxidation sites excluding steroid dienone is 1. The SMILES string of the molecule is OCC1(I)C=CCC(O)=C1. The van der Waals surface area contributed by atoms with E-state index in [1.165, 1.54) is 0 Å². The van der Waals surface area contributed by atoms with Crippen molar-refractivity contribution in [1.82, 2.24) is 0 Å². The van der Waals surface area contributed by atoms with Crippen LogP contribution in [0.5, 0.6) is 0 Å². The molecule has 0 amide bonds. The van der Waals surface area contributed by atoms with Crippen molar-refractivity contribution in [3.05, 3.63) is 24.0 Å². The molecular formula is C7H9IO2. The van der Waals surface area contributed by atoms with Crippen LogP contribution in [-0.2, 0) is 0 Å². The van der Waals surface area contributed by atoms with Gasteiger partial charge in [-0.05, 0) is 6.08 Å². The zero-order valence-corrected chi connectivity index (χ0v) is 7.58. The summed E-state index contributed by atoms with van der Waals surface area (Å²) < 4.78 is -0.375. The van der Waals surface area contributed by atoms with Gasteiger partial charge < -0.3 is 10.2 Å². The molecule has 0 aromatic heterocycles. The zero-order chi connectivity index (χ0) is 7.61. The molecule has 1 aliphatic rings. The van der Waals surface area contributed by atoms with E-state index < -0.39 is 0 Å². The van der Waals surface area contributed by atoms with Gasteiger partial charge in [0, 0.05) is 6.42 Å². The fourth-order valence-corrected chi connectivity index (χ4v) is 1.47. The minimum Gasteiger partial charge on any atom is -0.512 e. The Morgan fingerprint density at radius 3 is 2.80 bits per heavy atom. The summed E-state index contributed by atoms with van der Waals surface area (Å²) >= 11 is 2.10. The Labute approximate surface area is 73.4 Å². The van der Waals surface area contributed by atoms with Crippen molar-refractivity contribution in [1.29, 1.82) is 0 Å². The minimum atomic E-state index is -0.375. The maximum atomic E-state index is 9.07. The van der Waals surface area contributed by atoms with Gasteiger partial charge in [0.2, 0.25) is 0 Å². The summed E-state index contributed by atoms with van der Waals surface area (Å²) in [4.78, 5) is 0. The van der Waals surface area contributed by atoms with Crippen molar-refractivity contribution >= 4 is 22.6 Å². The van der Waals surface area contributed by atoms with Crippen LogP contribution in [0.3, 0.4) is 0 Å². The highest BCUT2D eigenvalue weighted by Gasteiger charge is 2.22. The van der Waals surface area contributed by atoms with Crippen molar-refractivity contribution in [2.24, 2.45) is 0 Å². The van der Waals surface area contributed by atoms with E-state index in [0.717, 1.165) is 0 Å². The topological polar surface area (TPSA) is 40.5 Å². The van der Waals surface area contributed by atoms with E-state index in [1.54, 1.807) is 6.08 Å². The van der Waals surface area contributed by atoms with E-state index in [-0.39, 0.29) is 10.0 Å². The van der Waals surface area contributed by atoms with E-state index in [1.807, 2.05) is 12.2 Å². The van der Waals surface area contributed by atoms with E-state index in [9.17, 15) is 0 Å². The Morgan fingerprint density at radius 1 is 1.70 bits per heavy atom. The number of aliphatic hydroxyl groups is 2. The molecule has 0 fully saturated rings. The Bertz CT molecular complexity index is 186. The van der Waals surface area contributed by atoms with Crippen LogP contribution in [0.1, 0.15) is 6.42 Å². The van der Waals surface area contributed by atoms with Gasteiger partial charge in [0.1, 0.15) is 0 Å². The predicted molar refractivity (Wildman–Crippen MR) is 48.3 cm³/mol. The Kier molecular flexibility index (Phi) is 2.36. The Balaban J connectivity index is 2.78. The Hall–Kier alpha value is -0.0300. The standard InChI is InChI=1S/C7H9IO2/c8-7(5-9)3-1-2-6(10)4-7/h1,3-4,9-10H,2,5H2. The van der Waals surface area contributed by atoms with Crippen LogP contribution in [0.15, 0.2) is 24.0 Å². The number of halogens is 1. The highest BCUT2D eigenvalue weighted by atomic mass is 127. The summed E-state index contributed by atoms with van der Waals surface area (Å²) in [7, 11) is 0. The lowest BCUT2D eigenvalue weighted by Gasteiger charge is -2.19. The minimum absolute atomic E-state index is 0.0358. The Morgan fingerprint density at radius 2 is 2.40 bits per heavy atom. The van der Waals surface area contributed by atoms with Gasteiger partial charge in [-0.2, -0.15) is 0 Å². The van der Waals surface area contributed by atoms with Crippen molar-refractivity contribution in [3.8, 4) is 0 Å². The van der Waals surface area contributed by atoms with Gasteiger partial charge in [0.25, 0.3) is 0 Å². The van der Waals surface area contributed by atoms with Gasteiger partial charge >= 0.3 is 0 Å². The molecule has 0 aromatic rings. The van der Waals surface area contributed by atoms with Crippen LogP contribution in [0, 0.1) is 0 Å². The molecule has 0 heterocycles. The molecule has 1 unspecified atom stereocenters. The number of rotatable bonds is 1. The molecule has 1 atom stereocenters. The smallest absolute Gasteiger partial charge is 0.0937 e. The molecule has 0 saturated carbocycles. The van der Waals surface area contributed by atoms with Crippen LogP contribution in [0.2, 0.25) is 0 Å². The first-order chi connectivity index (χ1) is 4.66. The fraction of sp³-hybridized carbons (Fsp3) is 0.429. The summed E-state index contributed by atoms with van der Waals surface area (Å²) in [5.41, 5.74) is 0. The second-order valence-electron chi connectivity index (χ2n) is 2.33. The normalized spacial score (nSPS) is 32.0. The van der Waals surface area contributed by atoms with Crippen LogP contribution in [0.25, 0.3) is 0 Å². The molecule has 10 heavy (non-hydrogen) atoms. The average Bonchev–Trinajstić information content (AvgIpc) is 1.88. The molecule has 2 N–H and O–H groups in total. The van der Waals surface area contributed by atoms with Crippen molar-refractivity contribution < 1.29 is 10.2 Å². The highest BCUT2D eigenvalue weighted by molar-refractivity contribution is 14.1. The molecule has 0 aliphatic heterocycles. The van der Waals surface area contributed by atoms with Crippen LogP contribution in [0.4, 0.5) is 0 Å². The van der Waals surface area contributed by atoms with Gasteiger partial charge in [0.05, 0.1) is 15.8 Å². The van der Waals surface area contributed by atoms with E-state index >= 15 is 0 Å². The van der Waals surface area contributed by atoms with Gasteiger partial charge in [-0.1, -0.05) is 34.7 Å². The number of hydrogen-bond donors (Lipinski definition) is 2. The maximum Gasteiger partial charge on any atom is 0.0937 e. The van der Waals surface area contributed by atoms with Crippen LogP contribution < -0.4 is 0 Å². The number of hydrogen-bond acceptors (Lipinski definition) is 2. The van der Waals surface area contributed by atoms with Crippen molar-refractivity contribution in [3.63, 3.8) is 0 Å². The first-order valence-electron chi connectivity index (χ1n) is 3.04. The lowest BCUT2D eigenvalue weighted by Crippen LogP contribution is -2.21. The molecule has 3 heteroatoms. The fourth-order valence-electron chi connectivity index (χ4n) is 0.858. The predicted octanol–water partition coefficient (Wildman–Crippen LogP) is 1.55. The monoisotopic (exact) mass is 252 g/mol. The van der Waals surface area contributed by atoms with Crippen LogP contribution in [-0.4, -0.2) is 20.2 Å². The first kappa shape index (κ1) is 8.07. The van der Waals surface area contributed by atoms with Gasteiger partial charge in [0.15, 0.2) is 0 Å². The second kappa shape index (κ2) is 2.92. The van der Waals surface area contributed by atoms with Crippen molar-refractivity contribution in [2.75, 3.05) is 6.61 Å². The third-order valence-electron chi connectivity index (χ3n) is 1.37. The summed E-state index contributed by atoms with van der Waals surface area (Å²) in [5.74, 6) is 0.339. The molecule has 2 nitrogen and oxygen atoms in total. The second-order valence-corrected chi connectivity index (χ2v) is 4.34. The lowest BCUT2D eigenvalue weighted by atomic mass is 10.0. The van der Waals surface area contributed by atoms with Crippen LogP contribution >= 0.6 is 22.6 Å². The first-order valence-corrected chi connectivity index (χ1v) is 4.12. The van der Waals surface area contributed by atoms with E-state index in [2.05, 4.69) is 22.6 Å².